The highest BCUT2D eigenvalue weighted by Gasteiger charge is 2.74. The first-order valence-electron chi connectivity index (χ1n) is 9.72. The lowest BCUT2D eigenvalue weighted by atomic mass is 9.95. The Bertz CT molecular complexity index is 1260. The highest BCUT2D eigenvalue weighted by Crippen LogP contribution is 2.52. The minimum absolute atomic E-state index is 0.0645. The number of amides is 2. The van der Waals surface area contributed by atoms with Crippen LogP contribution < -0.4 is 27.6 Å². The van der Waals surface area contributed by atoms with Gasteiger partial charge in [0.1, 0.15) is 0 Å². The minimum Gasteiger partial charge on any atom is -0.366 e. The minimum atomic E-state index is -6.64. The van der Waals surface area contributed by atoms with E-state index in [0.717, 1.165) is 11.8 Å². The average Bonchev–Trinajstić information content (AvgIpc) is 3.22. The number of hydrogen-bond donors (Lipinski definition) is 6. The Morgan fingerprint density at radius 1 is 1.03 bits per heavy atom. The number of nitrogens with two attached hydrogens (primary N) is 1. The Morgan fingerprint density at radius 3 is 2.19 bits per heavy atom. The van der Waals surface area contributed by atoms with Crippen LogP contribution >= 0.6 is 11.8 Å². The summed E-state index contributed by atoms with van der Waals surface area (Å²) in [6.45, 7) is 0. The molecule has 2 amide bonds. The van der Waals surface area contributed by atoms with E-state index >= 15 is 0 Å². The number of rotatable bonds is 7. The zero-order valence-electron chi connectivity index (χ0n) is 18.3. The molecule has 2 aromatic rings. The molecule has 18 heteroatoms. The van der Waals surface area contributed by atoms with Gasteiger partial charge in [0.15, 0.2) is 0 Å². The second-order valence-corrected chi connectivity index (χ2v) is 8.34. The summed E-state index contributed by atoms with van der Waals surface area (Å²) < 4.78 is 93.4. The molecular weight excluding hydrogens is 539 g/mol. The normalized spacial score (nSPS) is 14.2. The number of carbonyl (C=O) groups excluding carboxylic acids is 2. The molecule has 1 heterocycles. The molecule has 0 aliphatic carbocycles. The number of thioether (sulfide) groups is 1. The number of carbonyl (C=O) groups is 2. The lowest BCUT2D eigenvalue weighted by Crippen LogP contribution is -2.50. The van der Waals surface area contributed by atoms with Crippen LogP contribution in [0.5, 0.6) is 0 Å². The van der Waals surface area contributed by atoms with Crippen molar-refractivity contribution in [2.24, 2.45) is 10.8 Å². The van der Waals surface area contributed by atoms with Crippen LogP contribution in [0.2, 0.25) is 0 Å². The molecule has 0 spiro atoms. The molecule has 3 rings (SSSR count). The number of benzene rings is 2. The number of nitrogens with one attached hydrogen (secondary N) is 4. The third-order valence-electron chi connectivity index (χ3n) is 4.84. The van der Waals surface area contributed by atoms with Gasteiger partial charge in [-0.05, 0) is 48.2 Å². The fourth-order valence-corrected chi connectivity index (χ4v) is 3.84. The van der Waals surface area contributed by atoms with E-state index in [1.54, 1.807) is 7.05 Å². The molecule has 37 heavy (non-hydrogen) atoms. The number of alkyl halides is 7. The Kier molecular flexibility index (Phi) is 7.47. The SMILES string of the molecule is CN1NNN=C1Sc1ccc(NO)cc1C(=O)Nc1ccc(C(F)(F)C(F)(F)C(F)(F)F)c(C(N)=O)c1. The number of hydrogen-bond acceptors (Lipinski definition) is 9. The van der Waals surface area contributed by atoms with Crippen LogP contribution in [0, 0.1) is 0 Å². The van der Waals surface area contributed by atoms with Crippen LogP contribution in [0.3, 0.4) is 0 Å². The fraction of sp³-hybridized carbons (Fsp3) is 0.211. The van der Waals surface area contributed by atoms with Gasteiger partial charge in [-0.3, -0.25) is 25.3 Å². The third kappa shape index (κ3) is 5.35. The van der Waals surface area contributed by atoms with Gasteiger partial charge in [-0.2, -0.15) is 30.7 Å². The van der Waals surface area contributed by atoms with E-state index in [-0.39, 0.29) is 22.2 Å². The van der Waals surface area contributed by atoms with Gasteiger partial charge in [0.25, 0.3) is 5.91 Å². The van der Waals surface area contributed by atoms with Crippen LogP contribution in [0.1, 0.15) is 26.3 Å². The van der Waals surface area contributed by atoms with Crippen molar-refractivity contribution in [1.29, 1.82) is 0 Å². The molecule has 0 radical (unpaired) electrons. The number of hydrazine groups is 2. The smallest absolute Gasteiger partial charge is 0.366 e. The van der Waals surface area contributed by atoms with Crippen molar-refractivity contribution in [2.75, 3.05) is 17.8 Å². The van der Waals surface area contributed by atoms with Crippen LogP contribution in [-0.2, 0) is 5.92 Å². The predicted octanol–water partition coefficient (Wildman–Crippen LogP) is 3.45. The molecule has 10 nitrogen and oxygen atoms in total. The molecule has 0 unspecified atom stereocenters. The maximum absolute atomic E-state index is 14.2. The molecule has 0 saturated heterocycles. The summed E-state index contributed by atoms with van der Waals surface area (Å²) in [5, 5.41) is 17.1. The van der Waals surface area contributed by atoms with Gasteiger partial charge in [0, 0.05) is 23.2 Å². The zero-order valence-corrected chi connectivity index (χ0v) is 19.1. The van der Waals surface area contributed by atoms with Gasteiger partial charge < -0.3 is 11.1 Å². The summed E-state index contributed by atoms with van der Waals surface area (Å²) in [5.74, 6) is -15.1. The zero-order chi connectivity index (χ0) is 27.8. The lowest BCUT2D eigenvalue weighted by molar-refractivity contribution is -0.359. The second kappa shape index (κ2) is 9.94. The number of nitrogens with zero attached hydrogens (tertiary/aromatic N) is 2. The second-order valence-electron chi connectivity index (χ2n) is 7.33. The summed E-state index contributed by atoms with van der Waals surface area (Å²) in [6.07, 6.45) is -6.64. The standard InChI is InChI=1S/C19H16F7N7O3S/c1-33-16(29-31-32-33)37-13-5-3-9(30-36)7-11(13)15(35)28-8-2-4-12(10(6-8)14(27)34)17(20,21)18(22,23)19(24,25)26/h2-7,30-32,36H,1H3,(H2,27,34)(H,28,35). The molecule has 200 valence electrons. The van der Waals surface area contributed by atoms with Gasteiger partial charge in [-0.25, -0.2) is 5.53 Å². The van der Waals surface area contributed by atoms with E-state index in [0.29, 0.717) is 17.3 Å². The molecule has 2 aromatic carbocycles. The van der Waals surface area contributed by atoms with E-state index in [1.807, 2.05) is 5.48 Å². The molecule has 7 N–H and O–H groups in total. The van der Waals surface area contributed by atoms with E-state index in [2.05, 4.69) is 21.5 Å². The molecule has 0 atom stereocenters. The molecule has 0 saturated carbocycles. The van der Waals surface area contributed by atoms with E-state index in [1.165, 1.54) is 23.2 Å². The molecule has 1 aliphatic heterocycles. The summed E-state index contributed by atoms with van der Waals surface area (Å²) in [7, 11) is 1.60. The van der Waals surface area contributed by atoms with E-state index < -0.39 is 46.7 Å². The van der Waals surface area contributed by atoms with Gasteiger partial charge >= 0.3 is 18.0 Å². The van der Waals surface area contributed by atoms with Crippen LogP contribution in [0.25, 0.3) is 0 Å². The van der Waals surface area contributed by atoms with Gasteiger partial charge in [-0.1, -0.05) is 0 Å². The Hall–Kier alpha value is -3.77. The molecular formula is C19H16F7N7O3S. The van der Waals surface area contributed by atoms with Crippen molar-refractivity contribution >= 4 is 40.1 Å². The van der Waals surface area contributed by atoms with Crippen molar-refractivity contribution in [3.63, 3.8) is 0 Å². The Balaban J connectivity index is 1.98. The number of anilines is 2. The molecule has 0 aromatic heterocycles. The number of primary amides is 1. The van der Waals surface area contributed by atoms with E-state index in [4.69, 9.17) is 5.73 Å². The van der Waals surface area contributed by atoms with Gasteiger partial charge in [0.05, 0.1) is 16.8 Å². The van der Waals surface area contributed by atoms with Crippen LogP contribution in [-0.4, -0.2) is 46.3 Å². The Labute approximate surface area is 206 Å². The first-order chi connectivity index (χ1) is 17.1. The van der Waals surface area contributed by atoms with Crippen molar-refractivity contribution in [2.45, 2.75) is 22.9 Å². The molecule has 0 fully saturated rings. The third-order valence-corrected chi connectivity index (χ3v) is 5.97. The first kappa shape index (κ1) is 27.8. The number of amidine groups is 1. The summed E-state index contributed by atoms with van der Waals surface area (Å²) in [5.41, 5.74) is 8.07. The van der Waals surface area contributed by atoms with E-state index in [9.17, 15) is 45.5 Å². The fourth-order valence-electron chi connectivity index (χ4n) is 2.97. The lowest BCUT2D eigenvalue weighted by Gasteiger charge is -2.29. The predicted molar refractivity (Wildman–Crippen MR) is 117 cm³/mol. The first-order valence-corrected chi connectivity index (χ1v) is 10.5. The maximum Gasteiger partial charge on any atom is 0.460 e. The van der Waals surface area contributed by atoms with Crippen LogP contribution in [0.15, 0.2) is 46.4 Å². The van der Waals surface area contributed by atoms with Crippen molar-refractivity contribution in [1.82, 2.24) is 16.1 Å². The number of hydrazone groups is 1. The Morgan fingerprint density at radius 2 is 1.65 bits per heavy atom. The van der Waals surface area contributed by atoms with Crippen molar-refractivity contribution in [3.05, 3.63) is 53.1 Å². The maximum atomic E-state index is 14.2. The van der Waals surface area contributed by atoms with Crippen molar-refractivity contribution < 1.29 is 45.5 Å². The summed E-state index contributed by atoms with van der Waals surface area (Å²) in [4.78, 5) is 24.9. The van der Waals surface area contributed by atoms with Gasteiger partial charge in [-0.15, -0.1) is 10.6 Å². The van der Waals surface area contributed by atoms with Gasteiger partial charge in [0.2, 0.25) is 11.1 Å². The monoisotopic (exact) mass is 555 g/mol. The number of halogens is 7. The highest BCUT2D eigenvalue weighted by atomic mass is 32.2. The molecule has 0 bridgehead atoms. The van der Waals surface area contributed by atoms with Crippen LogP contribution in [0.4, 0.5) is 42.1 Å². The summed E-state index contributed by atoms with van der Waals surface area (Å²) in [6, 6.07) is 5.19. The topological polar surface area (TPSA) is 144 Å². The largest absolute Gasteiger partial charge is 0.460 e. The summed E-state index contributed by atoms with van der Waals surface area (Å²) >= 11 is 0.980. The highest BCUT2D eigenvalue weighted by molar-refractivity contribution is 8.13. The quantitative estimate of drug-likeness (QED) is 0.225. The molecule has 1 aliphatic rings. The van der Waals surface area contributed by atoms with Crippen molar-refractivity contribution in [3.8, 4) is 0 Å². The average molecular weight is 555 g/mol.